The maximum absolute atomic E-state index is 13.8. The molecule has 5 heteroatoms. The number of benzene rings is 3. The van der Waals surface area contributed by atoms with E-state index in [4.69, 9.17) is 4.74 Å². The zero-order chi connectivity index (χ0) is 25.8. The number of carbonyl (C=O) groups excluding carboxylic acids is 3. The smallest absolute Gasteiger partial charge is 0.337 e. The van der Waals surface area contributed by atoms with Gasteiger partial charge >= 0.3 is 5.97 Å². The van der Waals surface area contributed by atoms with Crippen molar-refractivity contribution in [1.29, 1.82) is 0 Å². The van der Waals surface area contributed by atoms with Gasteiger partial charge in [-0.15, -0.1) is 0 Å². The Bertz CT molecular complexity index is 1410. The van der Waals surface area contributed by atoms with Gasteiger partial charge in [-0.05, 0) is 54.3 Å². The van der Waals surface area contributed by atoms with Gasteiger partial charge in [0.2, 0.25) is 11.8 Å². The van der Waals surface area contributed by atoms with Crippen LogP contribution in [0.3, 0.4) is 0 Å². The second kappa shape index (κ2) is 8.70. The maximum Gasteiger partial charge on any atom is 0.337 e. The first kappa shape index (κ1) is 23.2. The largest absolute Gasteiger partial charge is 0.465 e. The number of hydrogen-bond acceptors (Lipinski definition) is 4. The Hall–Kier alpha value is -4.25. The van der Waals surface area contributed by atoms with Crippen LogP contribution < -0.4 is 4.90 Å². The van der Waals surface area contributed by atoms with E-state index in [1.807, 2.05) is 0 Å². The van der Waals surface area contributed by atoms with Crippen molar-refractivity contribution in [3.05, 3.63) is 118 Å². The van der Waals surface area contributed by atoms with E-state index in [0.717, 1.165) is 22.3 Å². The van der Waals surface area contributed by atoms with Gasteiger partial charge in [0.15, 0.2) is 0 Å². The van der Waals surface area contributed by atoms with Gasteiger partial charge in [-0.1, -0.05) is 77.9 Å². The second-order valence-electron chi connectivity index (χ2n) is 10.1. The number of hydrogen-bond donors (Lipinski definition) is 0. The highest BCUT2D eigenvalue weighted by atomic mass is 16.5. The van der Waals surface area contributed by atoms with Crippen LogP contribution in [-0.4, -0.2) is 24.9 Å². The highest BCUT2D eigenvalue weighted by molar-refractivity contribution is 6.23. The topological polar surface area (TPSA) is 63.7 Å². The number of rotatable bonds is 4. The summed E-state index contributed by atoms with van der Waals surface area (Å²) < 4.78 is 4.82. The summed E-state index contributed by atoms with van der Waals surface area (Å²) in [6.07, 6.45) is 4.20. The quantitative estimate of drug-likeness (QED) is 0.275. The first-order valence-electron chi connectivity index (χ1n) is 12.5. The molecule has 0 radical (unpaired) electrons. The molecule has 0 N–H and O–H groups in total. The normalized spacial score (nSPS) is 23.5. The van der Waals surface area contributed by atoms with Crippen molar-refractivity contribution >= 4 is 29.0 Å². The molecular weight excluding hydrogens is 462 g/mol. The Balaban J connectivity index is 1.45. The first-order valence-corrected chi connectivity index (χ1v) is 12.5. The van der Waals surface area contributed by atoms with Crippen molar-refractivity contribution in [1.82, 2.24) is 0 Å². The molecule has 2 fully saturated rings. The number of esters is 1. The molecule has 2 bridgehead atoms. The van der Waals surface area contributed by atoms with Crippen molar-refractivity contribution in [2.24, 2.45) is 23.7 Å². The van der Waals surface area contributed by atoms with Crippen LogP contribution in [0.4, 0.5) is 5.69 Å². The third-order valence-corrected chi connectivity index (χ3v) is 7.91. The fourth-order valence-corrected chi connectivity index (χ4v) is 6.18. The lowest BCUT2D eigenvalue weighted by atomic mass is 9.85. The summed E-state index contributed by atoms with van der Waals surface area (Å²) in [5.41, 5.74) is 7.50. The third kappa shape index (κ3) is 3.57. The number of ether oxygens (including phenoxy) is 1. The number of carbonyl (C=O) groups is 3. The molecule has 1 saturated heterocycles. The molecule has 6 rings (SSSR count). The maximum atomic E-state index is 13.8. The minimum Gasteiger partial charge on any atom is -0.465 e. The minimum atomic E-state index is -0.506. The van der Waals surface area contributed by atoms with E-state index in [1.54, 1.807) is 24.3 Å². The number of anilines is 1. The van der Waals surface area contributed by atoms with Crippen LogP contribution in [0.2, 0.25) is 0 Å². The Morgan fingerprint density at radius 1 is 0.730 bits per heavy atom. The van der Waals surface area contributed by atoms with E-state index in [9.17, 15) is 14.4 Å². The first-order chi connectivity index (χ1) is 17.9. The van der Waals surface area contributed by atoms with Crippen LogP contribution in [0.1, 0.15) is 32.6 Å². The van der Waals surface area contributed by atoms with Crippen molar-refractivity contribution in [3.8, 4) is 0 Å². The number of methoxy groups -OCH3 is 1. The minimum absolute atomic E-state index is 0.155. The van der Waals surface area contributed by atoms with Gasteiger partial charge in [0.1, 0.15) is 0 Å². The molecule has 5 nitrogen and oxygen atoms in total. The number of aryl methyl sites for hydroxylation is 2. The van der Waals surface area contributed by atoms with Crippen LogP contribution in [-0.2, 0) is 14.3 Å². The Kier molecular flexibility index (Phi) is 5.45. The fraction of sp³-hybridized carbons (Fsp3) is 0.219. The van der Waals surface area contributed by atoms with Gasteiger partial charge in [0.25, 0.3) is 0 Å². The van der Waals surface area contributed by atoms with Gasteiger partial charge in [0, 0.05) is 11.8 Å². The van der Waals surface area contributed by atoms with E-state index < -0.39 is 17.8 Å². The second-order valence-corrected chi connectivity index (χ2v) is 10.1. The van der Waals surface area contributed by atoms with E-state index in [2.05, 4.69) is 74.5 Å². The molecule has 37 heavy (non-hydrogen) atoms. The number of amides is 2. The number of fused-ring (bicyclic) bond motifs is 5. The fourth-order valence-electron chi connectivity index (χ4n) is 6.18. The Morgan fingerprint density at radius 2 is 1.24 bits per heavy atom. The van der Waals surface area contributed by atoms with Crippen molar-refractivity contribution in [2.45, 2.75) is 13.8 Å². The SMILES string of the molecule is COC(=O)c1cccc(N2C(=O)[C@@H]3[C@@H](C2=O)[C@H]2C=C[C@H]3C2=C(c2ccc(C)cc2)c2ccc(C)cc2)c1. The summed E-state index contributed by atoms with van der Waals surface area (Å²) in [5.74, 6) is -2.14. The average Bonchev–Trinajstić information content (AvgIpc) is 3.55. The monoisotopic (exact) mass is 489 g/mol. The standard InChI is InChI=1S/C32H27NO4/c1-18-7-11-20(12-8-18)26(21-13-9-19(2)10-14-21)27-24-15-16-25(27)29-28(24)30(34)33(31(29)35)23-6-4-5-22(17-23)32(36)37-3/h4-17,24-25,28-29H,1-3H3/t24-,25-,28-,29-/m0/s1. The summed E-state index contributed by atoms with van der Waals surface area (Å²) in [6.45, 7) is 4.13. The van der Waals surface area contributed by atoms with Crippen LogP contribution in [0.5, 0.6) is 0 Å². The van der Waals surface area contributed by atoms with Crippen LogP contribution in [0, 0.1) is 37.5 Å². The van der Waals surface area contributed by atoms with Gasteiger partial charge < -0.3 is 4.74 Å². The van der Waals surface area contributed by atoms with E-state index in [1.165, 1.54) is 23.1 Å². The summed E-state index contributed by atoms with van der Waals surface area (Å²) in [6, 6.07) is 23.4. The predicted octanol–water partition coefficient (Wildman–Crippen LogP) is 5.51. The number of imide groups is 1. The van der Waals surface area contributed by atoms with E-state index in [-0.39, 0.29) is 23.7 Å². The summed E-state index contributed by atoms with van der Waals surface area (Å²) in [7, 11) is 1.31. The number of allylic oxidation sites excluding steroid dienone is 3. The highest BCUT2D eigenvalue weighted by Crippen LogP contribution is 2.58. The molecule has 1 saturated carbocycles. The Labute approximate surface area is 216 Å². The van der Waals surface area contributed by atoms with Crippen LogP contribution in [0.25, 0.3) is 5.57 Å². The summed E-state index contributed by atoms with van der Waals surface area (Å²) >= 11 is 0. The molecule has 2 aliphatic carbocycles. The molecule has 2 amide bonds. The molecule has 1 aliphatic heterocycles. The Morgan fingerprint density at radius 3 is 1.73 bits per heavy atom. The van der Waals surface area contributed by atoms with Crippen LogP contribution >= 0.6 is 0 Å². The third-order valence-electron chi connectivity index (χ3n) is 7.91. The lowest BCUT2D eigenvalue weighted by Gasteiger charge is -2.22. The lowest BCUT2D eigenvalue weighted by molar-refractivity contribution is -0.122. The molecule has 1 heterocycles. The number of nitrogens with zero attached hydrogens (tertiary/aromatic N) is 1. The molecular formula is C32H27NO4. The summed E-state index contributed by atoms with van der Waals surface area (Å²) in [5, 5.41) is 0. The predicted molar refractivity (Wildman–Crippen MR) is 142 cm³/mol. The molecule has 4 atom stereocenters. The van der Waals surface area contributed by atoms with Gasteiger partial charge in [-0.25, -0.2) is 9.69 Å². The van der Waals surface area contributed by atoms with Gasteiger partial charge in [-0.2, -0.15) is 0 Å². The van der Waals surface area contributed by atoms with Gasteiger partial charge in [0.05, 0.1) is 30.2 Å². The summed E-state index contributed by atoms with van der Waals surface area (Å²) in [4.78, 5) is 40.9. The molecule has 184 valence electrons. The van der Waals surface area contributed by atoms with Crippen LogP contribution in [0.15, 0.2) is 90.5 Å². The molecule has 3 aromatic carbocycles. The van der Waals surface area contributed by atoms with E-state index in [0.29, 0.717) is 11.3 Å². The molecule has 0 unspecified atom stereocenters. The zero-order valence-electron chi connectivity index (χ0n) is 21.0. The molecule has 0 aromatic heterocycles. The highest BCUT2D eigenvalue weighted by Gasteiger charge is 2.62. The zero-order valence-corrected chi connectivity index (χ0v) is 21.0. The van der Waals surface area contributed by atoms with E-state index >= 15 is 0 Å². The lowest BCUT2D eigenvalue weighted by Crippen LogP contribution is -2.33. The molecule has 3 aliphatic rings. The van der Waals surface area contributed by atoms with Crippen molar-refractivity contribution < 1.29 is 19.1 Å². The molecule has 3 aromatic rings. The van der Waals surface area contributed by atoms with Crippen molar-refractivity contribution in [3.63, 3.8) is 0 Å². The average molecular weight is 490 g/mol. The molecule has 0 spiro atoms. The van der Waals surface area contributed by atoms with Crippen molar-refractivity contribution in [2.75, 3.05) is 12.0 Å². The van der Waals surface area contributed by atoms with Gasteiger partial charge in [-0.3, -0.25) is 9.59 Å².